The maximum Gasteiger partial charge on any atom is 0.250 e. The quantitative estimate of drug-likeness (QED) is 0.512. The van der Waals surface area contributed by atoms with Crippen LogP contribution in [-0.4, -0.2) is 41.4 Å². The van der Waals surface area contributed by atoms with E-state index in [9.17, 15) is 13.6 Å². The largest absolute Gasteiger partial charge is 0.333 e. The molecule has 5 rings (SSSR count). The van der Waals surface area contributed by atoms with Crippen LogP contribution in [0.3, 0.4) is 0 Å². The molecule has 0 saturated carbocycles. The van der Waals surface area contributed by atoms with Crippen LogP contribution >= 0.6 is 0 Å². The highest BCUT2D eigenvalue weighted by Gasteiger charge is 2.37. The first-order chi connectivity index (χ1) is 16.1. The molecule has 2 aliphatic heterocycles. The van der Waals surface area contributed by atoms with Crippen molar-refractivity contribution in [3.63, 3.8) is 0 Å². The maximum atomic E-state index is 13.6. The van der Waals surface area contributed by atoms with Crippen molar-refractivity contribution in [2.75, 3.05) is 19.6 Å². The van der Waals surface area contributed by atoms with Gasteiger partial charge in [0.15, 0.2) is 0 Å². The first-order valence-electron chi connectivity index (χ1n) is 11.4. The first kappa shape index (κ1) is 21.5. The van der Waals surface area contributed by atoms with Gasteiger partial charge in [-0.25, -0.2) is 8.78 Å². The highest BCUT2D eigenvalue weighted by molar-refractivity contribution is 6.05. The van der Waals surface area contributed by atoms with E-state index >= 15 is 0 Å². The molecule has 3 aromatic rings. The fourth-order valence-corrected chi connectivity index (χ4v) is 4.99. The summed E-state index contributed by atoms with van der Waals surface area (Å²) in [4.78, 5) is 18.1. The van der Waals surface area contributed by atoms with Crippen molar-refractivity contribution in [3.05, 3.63) is 113 Å². The smallest absolute Gasteiger partial charge is 0.250 e. The van der Waals surface area contributed by atoms with Crippen molar-refractivity contribution < 1.29 is 13.6 Å². The zero-order chi connectivity index (χ0) is 22.8. The summed E-state index contributed by atoms with van der Waals surface area (Å²) < 4.78 is 27.2. The number of fused-ring (bicyclic) bond motifs is 1. The summed E-state index contributed by atoms with van der Waals surface area (Å²) in [6.07, 6.45) is 1.52. The maximum absolute atomic E-state index is 13.6. The summed E-state index contributed by atoms with van der Waals surface area (Å²) >= 11 is 0. The fourth-order valence-electron chi connectivity index (χ4n) is 4.99. The molecule has 0 spiro atoms. The fraction of sp³-hybridized carbons (Fsp3) is 0.250. The molecular formula is C28H26F2N2O. The van der Waals surface area contributed by atoms with Gasteiger partial charge in [-0.3, -0.25) is 9.69 Å². The molecule has 3 aromatic carbocycles. The van der Waals surface area contributed by atoms with E-state index in [-0.39, 0.29) is 23.6 Å². The van der Waals surface area contributed by atoms with E-state index in [4.69, 9.17) is 0 Å². The number of carbonyl (C=O) groups excluding carboxylic acids is 1. The molecule has 0 bridgehead atoms. The second-order valence-electron chi connectivity index (χ2n) is 8.78. The van der Waals surface area contributed by atoms with Gasteiger partial charge in [0.25, 0.3) is 5.91 Å². The molecule has 2 heterocycles. The van der Waals surface area contributed by atoms with Crippen LogP contribution in [0.15, 0.2) is 84.4 Å². The predicted octanol–water partition coefficient (Wildman–Crippen LogP) is 5.27. The molecular weight excluding hydrogens is 418 g/mol. The van der Waals surface area contributed by atoms with E-state index in [2.05, 4.69) is 29.2 Å². The Labute approximate surface area is 193 Å². The van der Waals surface area contributed by atoms with Gasteiger partial charge in [-0.2, -0.15) is 0 Å². The minimum absolute atomic E-state index is 0.0364. The van der Waals surface area contributed by atoms with Gasteiger partial charge in [0.05, 0.1) is 0 Å². The van der Waals surface area contributed by atoms with Gasteiger partial charge < -0.3 is 4.90 Å². The van der Waals surface area contributed by atoms with Gasteiger partial charge in [0.2, 0.25) is 0 Å². The lowest BCUT2D eigenvalue weighted by atomic mass is 9.86. The van der Waals surface area contributed by atoms with Crippen LogP contribution in [0.1, 0.15) is 29.5 Å². The van der Waals surface area contributed by atoms with Crippen LogP contribution in [0.4, 0.5) is 8.78 Å². The Morgan fingerprint density at radius 2 is 1.42 bits per heavy atom. The molecule has 0 radical (unpaired) electrons. The number of piperazine rings is 1. The van der Waals surface area contributed by atoms with E-state index in [1.54, 1.807) is 24.3 Å². The Morgan fingerprint density at radius 1 is 0.818 bits per heavy atom. The van der Waals surface area contributed by atoms with Crippen molar-refractivity contribution in [1.82, 2.24) is 9.80 Å². The van der Waals surface area contributed by atoms with Crippen LogP contribution < -0.4 is 0 Å². The van der Waals surface area contributed by atoms with Crippen LogP contribution in [-0.2, 0) is 11.3 Å². The number of halogens is 2. The Morgan fingerprint density at radius 3 is 2.03 bits per heavy atom. The lowest BCUT2D eigenvalue weighted by Gasteiger charge is -2.45. The lowest BCUT2D eigenvalue weighted by Crippen LogP contribution is -2.57. The number of hydrogen-bond donors (Lipinski definition) is 0. The molecule has 2 fully saturated rings. The molecule has 2 saturated heterocycles. The van der Waals surface area contributed by atoms with E-state index in [0.717, 1.165) is 48.3 Å². The molecule has 33 heavy (non-hydrogen) atoms. The average molecular weight is 445 g/mol. The van der Waals surface area contributed by atoms with Crippen molar-refractivity contribution in [1.29, 1.82) is 0 Å². The third-order valence-corrected chi connectivity index (χ3v) is 6.63. The van der Waals surface area contributed by atoms with Gasteiger partial charge in [-0.05, 0) is 59.4 Å². The second kappa shape index (κ2) is 9.28. The van der Waals surface area contributed by atoms with Gasteiger partial charge in [-0.1, -0.05) is 54.6 Å². The predicted molar refractivity (Wildman–Crippen MR) is 125 cm³/mol. The van der Waals surface area contributed by atoms with Crippen LogP contribution in [0.25, 0.3) is 5.57 Å². The summed E-state index contributed by atoms with van der Waals surface area (Å²) in [6, 6.07) is 23.0. The number of benzene rings is 3. The normalized spacial score (nSPS) is 18.8. The Hall–Kier alpha value is -3.31. The number of amides is 1. The topological polar surface area (TPSA) is 23.6 Å². The number of hydrogen-bond acceptors (Lipinski definition) is 2. The van der Waals surface area contributed by atoms with Crippen molar-refractivity contribution >= 4 is 11.5 Å². The number of piperidine rings is 1. The third-order valence-electron chi connectivity index (χ3n) is 6.63. The third kappa shape index (κ3) is 4.60. The Balaban J connectivity index is 1.43. The highest BCUT2D eigenvalue weighted by Crippen LogP contribution is 2.35. The molecule has 3 nitrogen and oxygen atoms in total. The molecule has 5 heteroatoms. The Bertz CT molecular complexity index is 1110. The van der Waals surface area contributed by atoms with Gasteiger partial charge >= 0.3 is 0 Å². The summed E-state index contributed by atoms with van der Waals surface area (Å²) in [5.41, 5.74) is 4.31. The molecule has 1 amide bonds. The van der Waals surface area contributed by atoms with E-state index in [0.29, 0.717) is 13.0 Å². The second-order valence-corrected chi connectivity index (χ2v) is 8.78. The van der Waals surface area contributed by atoms with Gasteiger partial charge in [-0.15, -0.1) is 0 Å². The summed E-state index contributed by atoms with van der Waals surface area (Å²) in [5, 5.41) is 0. The van der Waals surface area contributed by atoms with Gasteiger partial charge in [0, 0.05) is 37.8 Å². The molecule has 0 aromatic heterocycles. The Kier molecular flexibility index (Phi) is 6.05. The van der Waals surface area contributed by atoms with Crippen molar-refractivity contribution in [2.45, 2.75) is 25.4 Å². The minimum atomic E-state index is -0.327. The zero-order valence-corrected chi connectivity index (χ0v) is 18.4. The lowest BCUT2D eigenvalue weighted by molar-refractivity contribution is -0.134. The standard InChI is InChI=1S/C28H26F2N2O/c29-23-10-6-21(7-11-23)27(22-8-12-24(30)13-9-22)26-15-14-25-19-31(16-17-32(25)28(26)33)18-20-4-2-1-3-5-20/h1-13,25H,14-19H2. The summed E-state index contributed by atoms with van der Waals surface area (Å²) in [7, 11) is 0. The number of carbonyl (C=O) groups is 1. The molecule has 1 unspecified atom stereocenters. The van der Waals surface area contributed by atoms with Crippen molar-refractivity contribution in [2.24, 2.45) is 0 Å². The molecule has 0 aliphatic carbocycles. The van der Waals surface area contributed by atoms with E-state index in [1.165, 1.54) is 29.8 Å². The summed E-state index contributed by atoms with van der Waals surface area (Å²) in [5.74, 6) is -0.618. The first-order valence-corrected chi connectivity index (χ1v) is 11.4. The average Bonchev–Trinajstić information content (AvgIpc) is 2.83. The number of rotatable bonds is 4. The van der Waals surface area contributed by atoms with Crippen LogP contribution in [0.2, 0.25) is 0 Å². The molecule has 1 atom stereocenters. The molecule has 2 aliphatic rings. The zero-order valence-electron chi connectivity index (χ0n) is 18.4. The SMILES string of the molecule is O=C1C(=C(c2ccc(F)cc2)c2ccc(F)cc2)CCC2CN(Cc3ccccc3)CCN12. The number of nitrogens with zero attached hydrogens (tertiary/aromatic N) is 2. The minimum Gasteiger partial charge on any atom is -0.333 e. The van der Waals surface area contributed by atoms with Crippen LogP contribution in [0, 0.1) is 11.6 Å². The molecule has 168 valence electrons. The monoisotopic (exact) mass is 444 g/mol. The summed E-state index contributed by atoms with van der Waals surface area (Å²) in [6.45, 7) is 3.25. The van der Waals surface area contributed by atoms with E-state index in [1.807, 2.05) is 11.0 Å². The van der Waals surface area contributed by atoms with E-state index < -0.39 is 0 Å². The highest BCUT2D eigenvalue weighted by atomic mass is 19.1. The van der Waals surface area contributed by atoms with Crippen LogP contribution in [0.5, 0.6) is 0 Å². The van der Waals surface area contributed by atoms with Gasteiger partial charge in [0.1, 0.15) is 11.6 Å². The van der Waals surface area contributed by atoms with Crippen molar-refractivity contribution in [3.8, 4) is 0 Å². The molecule has 0 N–H and O–H groups in total.